The van der Waals surface area contributed by atoms with Gasteiger partial charge in [0.1, 0.15) is 35.1 Å². The van der Waals surface area contributed by atoms with E-state index in [9.17, 15) is 9.59 Å². The third-order valence-electron chi connectivity index (χ3n) is 11.3. The van der Waals surface area contributed by atoms with Gasteiger partial charge in [0.05, 0.1) is 26.4 Å². The highest BCUT2D eigenvalue weighted by atomic mass is 31.2. The zero-order valence-electron chi connectivity index (χ0n) is 31.1. The molecule has 290 valence electrons. The maximum atomic E-state index is 17.1. The minimum atomic E-state index is -1.79. The van der Waals surface area contributed by atoms with Crippen molar-refractivity contribution in [2.75, 3.05) is 32.7 Å². The monoisotopic (exact) mass is 772 g/mol. The molecular weight excluding hydrogens is 726 g/mol. The summed E-state index contributed by atoms with van der Waals surface area (Å²) < 4.78 is 58.8. The third kappa shape index (κ3) is 7.07. The van der Waals surface area contributed by atoms with Gasteiger partial charge in [-0.05, 0) is 72.7 Å². The fraction of sp³-hybridized carbons (Fsp3) is 0.439. The molecule has 1 amide bonds. The third-order valence-corrected chi connectivity index (χ3v) is 13.1. The molecule has 4 heterocycles. The number of hydrogen-bond acceptors (Lipinski definition) is 10. The molecule has 4 fully saturated rings. The summed E-state index contributed by atoms with van der Waals surface area (Å²) in [5.41, 5.74) is 0.156. The summed E-state index contributed by atoms with van der Waals surface area (Å²) in [5.74, 6) is 1.04. The minimum absolute atomic E-state index is 0.0613. The average molecular weight is 773 g/mol. The maximum absolute atomic E-state index is 17.1. The minimum Gasteiger partial charge on any atom is -0.497 e. The Morgan fingerprint density at radius 1 is 0.945 bits per heavy atom. The molecule has 1 unspecified atom stereocenters. The van der Waals surface area contributed by atoms with Crippen molar-refractivity contribution in [3.8, 4) is 11.5 Å². The van der Waals surface area contributed by atoms with E-state index in [0.717, 1.165) is 66.3 Å². The molecule has 3 aliphatic heterocycles. The SMILES string of the molecule is COc1ccc(C(OC[C@H]2O[C@@H](n3ccc(NC(C)=O)nc3=O)[C@H](F)[C@@H]2OP2OC3(CCCC3)[C@H]3CCCN32)(c2ccccc2)c2ccc(OC)cc2)cc1. The highest BCUT2D eigenvalue weighted by Crippen LogP contribution is 2.65. The Morgan fingerprint density at radius 3 is 2.18 bits per heavy atom. The Labute approximate surface area is 320 Å². The summed E-state index contributed by atoms with van der Waals surface area (Å²) in [6, 6.07) is 26.8. The first kappa shape index (κ1) is 37.7. The largest absolute Gasteiger partial charge is 0.497 e. The van der Waals surface area contributed by atoms with E-state index in [1.54, 1.807) is 14.2 Å². The molecule has 4 aliphatic rings. The second-order valence-corrected chi connectivity index (χ2v) is 15.9. The highest BCUT2D eigenvalue weighted by molar-refractivity contribution is 7.45. The van der Waals surface area contributed by atoms with Crippen molar-refractivity contribution in [2.24, 2.45) is 0 Å². The van der Waals surface area contributed by atoms with Crippen molar-refractivity contribution >= 4 is 20.3 Å². The number of rotatable bonds is 12. The number of nitrogens with zero attached hydrogens (tertiary/aromatic N) is 3. The highest BCUT2D eigenvalue weighted by Gasteiger charge is 2.60. The summed E-state index contributed by atoms with van der Waals surface area (Å²) >= 11 is 0. The number of carbonyl (C=O) groups is 1. The Hall–Kier alpha value is -4.23. The van der Waals surface area contributed by atoms with Crippen molar-refractivity contribution in [2.45, 2.75) is 87.3 Å². The Bertz CT molecular complexity index is 1970. The predicted molar refractivity (Wildman–Crippen MR) is 204 cm³/mol. The van der Waals surface area contributed by atoms with Crippen LogP contribution in [0.15, 0.2) is 95.9 Å². The van der Waals surface area contributed by atoms with Crippen LogP contribution in [0.4, 0.5) is 10.2 Å². The van der Waals surface area contributed by atoms with Crippen molar-refractivity contribution in [1.29, 1.82) is 0 Å². The van der Waals surface area contributed by atoms with E-state index in [0.29, 0.717) is 11.5 Å². The second kappa shape index (κ2) is 15.7. The number of nitrogens with one attached hydrogen (secondary N) is 1. The molecule has 3 saturated heterocycles. The van der Waals surface area contributed by atoms with Crippen molar-refractivity contribution < 1.29 is 37.2 Å². The number of aromatic nitrogens is 2. The number of hydrogen-bond donors (Lipinski definition) is 1. The van der Waals surface area contributed by atoms with Crippen LogP contribution < -0.4 is 20.5 Å². The van der Waals surface area contributed by atoms with Gasteiger partial charge in [0, 0.05) is 25.7 Å². The molecule has 1 aromatic heterocycles. The molecule has 12 nitrogen and oxygen atoms in total. The van der Waals surface area contributed by atoms with Crippen molar-refractivity contribution in [3.63, 3.8) is 0 Å². The molecule has 3 aromatic carbocycles. The molecule has 0 bridgehead atoms. The number of benzene rings is 3. The molecule has 1 saturated carbocycles. The van der Waals surface area contributed by atoms with Crippen molar-refractivity contribution in [1.82, 2.24) is 14.2 Å². The number of halogens is 1. The smallest absolute Gasteiger partial charge is 0.351 e. The lowest BCUT2D eigenvalue weighted by molar-refractivity contribution is -0.114. The number of fused-ring (bicyclic) bond motifs is 2. The van der Waals surface area contributed by atoms with E-state index in [2.05, 4.69) is 15.0 Å². The number of methoxy groups -OCH3 is 2. The van der Waals surface area contributed by atoms with E-state index >= 15 is 4.39 Å². The van der Waals surface area contributed by atoms with Crippen LogP contribution in [0, 0.1) is 0 Å². The summed E-state index contributed by atoms with van der Waals surface area (Å²) in [4.78, 5) is 29.0. The van der Waals surface area contributed by atoms with Gasteiger partial charge in [-0.2, -0.15) is 4.98 Å². The first-order valence-corrected chi connectivity index (χ1v) is 20.0. The first-order chi connectivity index (χ1) is 26.7. The number of ether oxygens (including phenoxy) is 4. The van der Waals surface area contributed by atoms with Gasteiger partial charge in [0.2, 0.25) is 5.91 Å². The Morgan fingerprint density at radius 2 is 1.58 bits per heavy atom. The van der Waals surface area contributed by atoms with Crippen LogP contribution >= 0.6 is 8.53 Å². The zero-order chi connectivity index (χ0) is 38.2. The molecule has 1 N–H and O–H groups in total. The van der Waals surface area contributed by atoms with Gasteiger partial charge < -0.3 is 33.3 Å². The average Bonchev–Trinajstić information content (AvgIpc) is 4.00. The van der Waals surface area contributed by atoms with Crippen LogP contribution in [-0.2, 0) is 28.9 Å². The second-order valence-electron chi connectivity index (χ2n) is 14.5. The fourth-order valence-electron chi connectivity index (χ4n) is 8.65. The maximum Gasteiger partial charge on any atom is 0.351 e. The number of alkyl halides is 1. The van der Waals surface area contributed by atoms with Crippen molar-refractivity contribution in [3.05, 3.63) is 118 Å². The lowest BCUT2D eigenvalue weighted by atomic mass is 9.80. The van der Waals surface area contributed by atoms with Gasteiger partial charge in [-0.15, -0.1) is 0 Å². The Kier molecular flexibility index (Phi) is 10.8. The summed E-state index contributed by atoms with van der Waals surface area (Å²) in [7, 11) is 1.61. The normalized spacial score (nSPS) is 26.0. The zero-order valence-corrected chi connectivity index (χ0v) is 32.0. The van der Waals surface area contributed by atoms with E-state index in [4.69, 9.17) is 28.0 Å². The molecule has 8 rings (SSSR count). The van der Waals surface area contributed by atoms with Crippen LogP contribution in [0.25, 0.3) is 0 Å². The van der Waals surface area contributed by atoms with Gasteiger partial charge in [-0.1, -0.05) is 67.4 Å². The molecular formula is C41H46FN4O8P. The molecule has 1 aliphatic carbocycles. The van der Waals surface area contributed by atoms with Gasteiger partial charge >= 0.3 is 5.69 Å². The summed E-state index contributed by atoms with van der Waals surface area (Å²) in [5, 5.41) is 2.51. The first-order valence-electron chi connectivity index (χ1n) is 18.8. The molecule has 0 radical (unpaired) electrons. The topological polar surface area (TPSA) is 123 Å². The number of carbonyl (C=O) groups excluding carboxylic acids is 1. The van der Waals surface area contributed by atoms with E-state index < -0.39 is 44.4 Å². The molecule has 4 aromatic rings. The van der Waals surface area contributed by atoms with Gasteiger partial charge in [-0.25, -0.2) is 13.9 Å². The molecule has 55 heavy (non-hydrogen) atoms. The van der Waals surface area contributed by atoms with E-state index in [1.165, 1.54) is 19.2 Å². The van der Waals surface area contributed by atoms with Crippen LogP contribution in [-0.4, -0.2) is 77.5 Å². The summed E-state index contributed by atoms with van der Waals surface area (Å²) in [6.07, 6.45) is 2.20. The van der Waals surface area contributed by atoms with Gasteiger partial charge in [0.15, 0.2) is 12.4 Å². The number of anilines is 1. The molecule has 1 spiro atoms. The fourth-order valence-corrected chi connectivity index (χ4v) is 10.9. The van der Waals surface area contributed by atoms with Crippen LogP contribution in [0.2, 0.25) is 0 Å². The molecule has 6 atom stereocenters. The Balaban J connectivity index is 1.18. The standard InChI is InChI=1S/C41H46FN4O8P/c1-27(47)43-35-21-25-45(39(48)44-35)38-36(42)37(53-55-46-24-9-12-34(46)40(54-55)22-7-8-23-40)33(52-38)26-51-41(28-10-5-4-6-11-28,29-13-17-31(49-2)18-14-29)30-15-19-32(50-3)20-16-30/h4-6,10-11,13-21,25,33-34,36-38H,7-9,12,22-24,26H2,1-3H3,(H,43,44,47,48)/t33-,34-,36-,37-,38-,55?/m1/s1. The van der Waals surface area contributed by atoms with Crippen LogP contribution in [0.5, 0.6) is 11.5 Å². The van der Waals surface area contributed by atoms with Crippen LogP contribution in [0.1, 0.15) is 68.4 Å². The van der Waals surface area contributed by atoms with Gasteiger partial charge in [0.25, 0.3) is 8.53 Å². The van der Waals surface area contributed by atoms with Crippen LogP contribution in [0.3, 0.4) is 0 Å². The number of amides is 1. The lowest BCUT2D eigenvalue weighted by Gasteiger charge is -2.37. The summed E-state index contributed by atoms with van der Waals surface area (Å²) in [6.45, 7) is 2.00. The lowest BCUT2D eigenvalue weighted by Crippen LogP contribution is -2.40. The van der Waals surface area contributed by atoms with Gasteiger partial charge in [-0.3, -0.25) is 9.36 Å². The quantitative estimate of drug-likeness (QED) is 0.121. The van der Waals surface area contributed by atoms with E-state index in [1.807, 2.05) is 78.9 Å². The van der Waals surface area contributed by atoms with E-state index in [-0.39, 0.29) is 30.0 Å². The predicted octanol–water partition coefficient (Wildman–Crippen LogP) is 6.88. The molecule has 14 heteroatoms.